The van der Waals surface area contributed by atoms with Crippen molar-refractivity contribution < 1.29 is 4.39 Å². The number of hydrogen-bond donors (Lipinski definition) is 0. The molecule has 2 aromatic rings. The quantitative estimate of drug-likeness (QED) is 0.774. The zero-order valence-corrected chi connectivity index (χ0v) is 10.3. The van der Waals surface area contributed by atoms with E-state index in [1.807, 2.05) is 16.9 Å². The Morgan fingerprint density at radius 3 is 2.67 bits per heavy atom. The van der Waals surface area contributed by atoms with Gasteiger partial charge in [0.2, 0.25) is 0 Å². The van der Waals surface area contributed by atoms with E-state index in [0.29, 0.717) is 11.6 Å². The molecule has 94 valence electrons. The van der Waals surface area contributed by atoms with Crippen LogP contribution in [0.1, 0.15) is 38.1 Å². The minimum Gasteiger partial charge on any atom is -0.269 e. The van der Waals surface area contributed by atoms with Gasteiger partial charge in [0.05, 0.1) is 12.2 Å². The van der Waals surface area contributed by atoms with Crippen LogP contribution in [0.2, 0.25) is 0 Å². The maximum Gasteiger partial charge on any atom is 0.131 e. The third-order valence-electron chi connectivity index (χ3n) is 3.74. The van der Waals surface area contributed by atoms with E-state index < -0.39 is 0 Å². The van der Waals surface area contributed by atoms with Gasteiger partial charge in [-0.25, -0.2) is 4.39 Å². The van der Waals surface area contributed by atoms with Gasteiger partial charge in [-0.2, -0.15) is 5.10 Å². The van der Waals surface area contributed by atoms with Crippen LogP contribution < -0.4 is 0 Å². The zero-order chi connectivity index (χ0) is 12.4. The second kappa shape index (κ2) is 4.92. The number of hydrogen-bond acceptors (Lipinski definition) is 1. The Labute approximate surface area is 106 Å². The summed E-state index contributed by atoms with van der Waals surface area (Å²) in [5, 5.41) is 4.41. The Hall–Kier alpha value is -1.64. The highest BCUT2D eigenvalue weighted by atomic mass is 19.1. The maximum atomic E-state index is 13.7. The van der Waals surface area contributed by atoms with Gasteiger partial charge in [-0.05, 0) is 18.9 Å². The zero-order valence-electron chi connectivity index (χ0n) is 10.3. The lowest BCUT2D eigenvalue weighted by atomic mass is 9.96. The van der Waals surface area contributed by atoms with Gasteiger partial charge in [-0.1, -0.05) is 37.5 Å². The first kappa shape index (κ1) is 11.5. The Bertz CT molecular complexity index is 527. The molecule has 0 bridgehead atoms. The highest BCUT2D eigenvalue weighted by Gasteiger charge is 2.16. The molecule has 3 rings (SSSR count). The van der Waals surface area contributed by atoms with Gasteiger partial charge < -0.3 is 0 Å². The van der Waals surface area contributed by atoms with Crippen LogP contribution in [0, 0.1) is 5.82 Å². The lowest BCUT2D eigenvalue weighted by Gasteiger charge is -2.21. The van der Waals surface area contributed by atoms with Gasteiger partial charge >= 0.3 is 0 Å². The van der Waals surface area contributed by atoms with Crippen LogP contribution in [-0.2, 0) is 0 Å². The van der Waals surface area contributed by atoms with Crippen molar-refractivity contribution in [3.05, 3.63) is 42.5 Å². The lowest BCUT2D eigenvalue weighted by Crippen LogP contribution is -2.12. The molecular formula is C15H17FN2. The molecule has 1 aromatic carbocycles. The summed E-state index contributed by atoms with van der Waals surface area (Å²) in [6.07, 6.45) is 10.0. The van der Waals surface area contributed by atoms with Gasteiger partial charge in [-0.3, -0.25) is 4.68 Å². The summed E-state index contributed by atoms with van der Waals surface area (Å²) in [6.45, 7) is 0. The fourth-order valence-electron chi connectivity index (χ4n) is 2.72. The Morgan fingerprint density at radius 1 is 1.11 bits per heavy atom. The molecule has 0 amide bonds. The molecule has 0 radical (unpaired) electrons. The topological polar surface area (TPSA) is 17.8 Å². The SMILES string of the molecule is Fc1ccccc1-c1cnn(C2CCCCC2)c1. The van der Waals surface area contributed by atoms with E-state index in [9.17, 15) is 4.39 Å². The van der Waals surface area contributed by atoms with Crippen molar-refractivity contribution in [3.8, 4) is 11.1 Å². The van der Waals surface area contributed by atoms with Crippen molar-refractivity contribution in [2.45, 2.75) is 38.1 Å². The molecule has 0 saturated heterocycles. The first-order chi connectivity index (χ1) is 8.84. The number of nitrogens with zero attached hydrogens (tertiary/aromatic N) is 2. The lowest BCUT2D eigenvalue weighted by molar-refractivity contribution is 0.329. The summed E-state index contributed by atoms with van der Waals surface area (Å²) < 4.78 is 15.7. The van der Waals surface area contributed by atoms with Crippen LogP contribution in [-0.4, -0.2) is 9.78 Å². The predicted molar refractivity (Wildman–Crippen MR) is 69.7 cm³/mol. The van der Waals surface area contributed by atoms with Crippen LogP contribution in [0.5, 0.6) is 0 Å². The van der Waals surface area contributed by atoms with Crippen LogP contribution >= 0.6 is 0 Å². The molecule has 0 atom stereocenters. The highest BCUT2D eigenvalue weighted by molar-refractivity contribution is 5.62. The van der Waals surface area contributed by atoms with E-state index in [2.05, 4.69) is 5.10 Å². The van der Waals surface area contributed by atoms with E-state index in [1.54, 1.807) is 18.3 Å². The van der Waals surface area contributed by atoms with Crippen molar-refractivity contribution in [1.82, 2.24) is 9.78 Å². The van der Waals surface area contributed by atoms with Crippen LogP contribution in [0.25, 0.3) is 11.1 Å². The molecule has 1 saturated carbocycles. The van der Waals surface area contributed by atoms with Gasteiger partial charge in [0.25, 0.3) is 0 Å². The number of rotatable bonds is 2. The molecule has 0 spiro atoms. The predicted octanol–water partition coefficient (Wildman–Crippen LogP) is 4.19. The van der Waals surface area contributed by atoms with E-state index in [4.69, 9.17) is 0 Å². The second-order valence-electron chi connectivity index (χ2n) is 4.98. The molecule has 0 unspecified atom stereocenters. The van der Waals surface area contributed by atoms with Crippen molar-refractivity contribution in [2.75, 3.05) is 0 Å². The van der Waals surface area contributed by atoms with E-state index in [-0.39, 0.29) is 5.82 Å². The molecule has 1 aliphatic carbocycles. The van der Waals surface area contributed by atoms with E-state index in [0.717, 1.165) is 5.56 Å². The second-order valence-corrected chi connectivity index (χ2v) is 4.98. The van der Waals surface area contributed by atoms with E-state index in [1.165, 1.54) is 38.2 Å². The smallest absolute Gasteiger partial charge is 0.131 e. The Morgan fingerprint density at radius 2 is 1.89 bits per heavy atom. The monoisotopic (exact) mass is 244 g/mol. The summed E-state index contributed by atoms with van der Waals surface area (Å²) in [6, 6.07) is 7.37. The summed E-state index contributed by atoms with van der Waals surface area (Å²) in [5.74, 6) is -0.180. The van der Waals surface area contributed by atoms with Gasteiger partial charge in [0, 0.05) is 17.3 Å². The maximum absolute atomic E-state index is 13.7. The molecule has 1 heterocycles. The van der Waals surface area contributed by atoms with Crippen molar-refractivity contribution in [1.29, 1.82) is 0 Å². The Balaban J connectivity index is 1.87. The fourth-order valence-corrected chi connectivity index (χ4v) is 2.72. The molecular weight excluding hydrogens is 227 g/mol. The molecule has 18 heavy (non-hydrogen) atoms. The molecule has 0 aliphatic heterocycles. The molecule has 1 fully saturated rings. The molecule has 1 aromatic heterocycles. The molecule has 1 aliphatic rings. The number of halogens is 1. The van der Waals surface area contributed by atoms with E-state index >= 15 is 0 Å². The normalized spacial score (nSPS) is 16.9. The third-order valence-corrected chi connectivity index (χ3v) is 3.74. The average Bonchev–Trinajstić information content (AvgIpc) is 2.90. The molecule has 2 nitrogen and oxygen atoms in total. The van der Waals surface area contributed by atoms with Crippen molar-refractivity contribution in [2.24, 2.45) is 0 Å². The highest BCUT2D eigenvalue weighted by Crippen LogP contribution is 2.29. The first-order valence-corrected chi connectivity index (χ1v) is 6.63. The van der Waals surface area contributed by atoms with Crippen molar-refractivity contribution >= 4 is 0 Å². The van der Waals surface area contributed by atoms with Gasteiger partial charge in [0.15, 0.2) is 0 Å². The minimum atomic E-state index is -0.180. The summed E-state index contributed by atoms with van der Waals surface area (Å²) >= 11 is 0. The third kappa shape index (κ3) is 2.17. The van der Waals surface area contributed by atoms with Gasteiger partial charge in [-0.15, -0.1) is 0 Å². The molecule has 0 N–H and O–H groups in total. The molecule has 3 heteroatoms. The van der Waals surface area contributed by atoms with Crippen molar-refractivity contribution in [3.63, 3.8) is 0 Å². The summed E-state index contributed by atoms with van der Waals surface area (Å²) in [7, 11) is 0. The van der Waals surface area contributed by atoms with Crippen LogP contribution in [0.4, 0.5) is 4.39 Å². The van der Waals surface area contributed by atoms with Gasteiger partial charge in [0.1, 0.15) is 5.82 Å². The summed E-state index contributed by atoms with van der Waals surface area (Å²) in [4.78, 5) is 0. The van der Waals surface area contributed by atoms with Crippen LogP contribution in [0.15, 0.2) is 36.7 Å². The first-order valence-electron chi connectivity index (χ1n) is 6.63. The Kier molecular flexibility index (Phi) is 3.13. The average molecular weight is 244 g/mol. The standard InChI is InChI=1S/C15H17FN2/c16-15-9-5-4-8-14(15)12-10-17-18(11-12)13-6-2-1-3-7-13/h4-5,8-11,13H,1-3,6-7H2. The minimum absolute atomic E-state index is 0.180. The fraction of sp³-hybridized carbons (Fsp3) is 0.400. The number of benzene rings is 1. The largest absolute Gasteiger partial charge is 0.269 e. The number of aromatic nitrogens is 2. The summed E-state index contributed by atoms with van der Waals surface area (Å²) in [5.41, 5.74) is 1.51. The van der Waals surface area contributed by atoms with Crippen LogP contribution in [0.3, 0.4) is 0 Å².